The second-order valence-corrected chi connectivity index (χ2v) is 7.87. The third kappa shape index (κ3) is 6.40. The van der Waals surface area contributed by atoms with Crippen LogP contribution in [0.25, 0.3) is 11.4 Å². The number of hydrogen-bond donors (Lipinski definition) is 1. The van der Waals surface area contributed by atoms with Crippen molar-refractivity contribution in [3.05, 3.63) is 34.1 Å². The van der Waals surface area contributed by atoms with Gasteiger partial charge in [-0.15, -0.1) is 0 Å². The van der Waals surface area contributed by atoms with Crippen molar-refractivity contribution in [3.63, 3.8) is 0 Å². The molecule has 1 aliphatic rings. The summed E-state index contributed by atoms with van der Waals surface area (Å²) in [5.74, 6) is 1.18. The molecule has 29 heavy (non-hydrogen) atoms. The Kier molecular flexibility index (Phi) is 8.29. The average Bonchev–Trinajstić information content (AvgIpc) is 3.16. The second kappa shape index (κ2) is 10.9. The molecule has 0 atom stereocenters. The molecule has 0 spiro atoms. The van der Waals surface area contributed by atoms with Crippen LogP contribution in [0, 0.1) is 5.92 Å². The monoisotopic (exact) mass is 440 g/mol. The van der Waals surface area contributed by atoms with Gasteiger partial charge in [0.1, 0.15) is 0 Å². The Bertz CT molecular complexity index is 807. The number of piperidine rings is 1. The van der Waals surface area contributed by atoms with E-state index in [1.165, 1.54) is 0 Å². The highest BCUT2D eigenvalue weighted by Gasteiger charge is 2.26. The number of aromatic nitrogens is 2. The first-order chi connectivity index (χ1) is 14.1. The summed E-state index contributed by atoms with van der Waals surface area (Å²) in [5, 5.41) is 8.08. The number of nitrogens with zero attached hydrogens (tertiary/aromatic N) is 3. The van der Waals surface area contributed by atoms with Gasteiger partial charge in [-0.1, -0.05) is 28.4 Å². The zero-order chi connectivity index (χ0) is 20.6. The van der Waals surface area contributed by atoms with E-state index in [1.54, 1.807) is 18.2 Å². The number of amides is 1. The van der Waals surface area contributed by atoms with Gasteiger partial charge in [-0.25, -0.2) is 0 Å². The van der Waals surface area contributed by atoms with Crippen LogP contribution in [0.15, 0.2) is 22.7 Å². The fourth-order valence-corrected chi connectivity index (χ4v) is 3.81. The van der Waals surface area contributed by atoms with Gasteiger partial charge in [-0.2, -0.15) is 4.98 Å². The summed E-state index contributed by atoms with van der Waals surface area (Å²) in [7, 11) is 0. The van der Waals surface area contributed by atoms with Crippen molar-refractivity contribution >= 4 is 29.1 Å². The molecule has 0 bridgehead atoms. The predicted octanol–water partition coefficient (Wildman–Crippen LogP) is 3.80. The van der Waals surface area contributed by atoms with Crippen molar-refractivity contribution in [3.8, 4) is 11.4 Å². The highest BCUT2D eigenvalue weighted by atomic mass is 35.5. The Morgan fingerprint density at radius 2 is 2.14 bits per heavy atom. The van der Waals surface area contributed by atoms with Crippen LogP contribution in [0.1, 0.15) is 32.1 Å². The number of halogens is 2. The minimum absolute atomic E-state index is 0.0597. The zero-order valence-electron chi connectivity index (χ0n) is 16.5. The van der Waals surface area contributed by atoms with E-state index in [1.807, 2.05) is 6.92 Å². The number of carbonyl (C=O) groups excluding carboxylic acids is 1. The molecule has 7 nitrogen and oxygen atoms in total. The van der Waals surface area contributed by atoms with E-state index >= 15 is 0 Å². The summed E-state index contributed by atoms with van der Waals surface area (Å²) in [6.07, 6.45) is 2.48. The van der Waals surface area contributed by atoms with Crippen molar-refractivity contribution < 1.29 is 14.1 Å². The average molecular weight is 441 g/mol. The highest BCUT2D eigenvalue weighted by Crippen LogP contribution is 2.28. The summed E-state index contributed by atoms with van der Waals surface area (Å²) in [6, 6.07) is 5.17. The van der Waals surface area contributed by atoms with Crippen LogP contribution in [0.3, 0.4) is 0 Å². The maximum absolute atomic E-state index is 12.3. The summed E-state index contributed by atoms with van der Waals surface area (Å²) >= 11 is 12.1. The van der Waals surface area contributed by atoms with Gasteiger partial charge < -0.3 is 14.6 Å². The quantitative estimate of drug-likeness (QED) is 0.597. The van der Waals surface area contributed by atoms with Crippen LogP contribution in [0.2, 0.25) is 10.0 Å². The molecule has 1 N–H and O–H groups in total. The van der Waals surface area contributed by atoms with E-state index in [0.717, 1.165) is 32.4 Å². The van der Waals surface area contributed by atoms with Gasteiger partial charge >= 0.3 is 0 Å². The van der Waals surface area contributed by atoms with E-state index in [0.29, 0.717) is 53.6 Å². The molecule has 1 fully saturated rings. The van der Waals surface area contributed by atoms with Gasteiger partial charge in [-0.05, 0) is 57.5 Å². The molecule has 1 aromatic heterocycles. The van der Waals surface area contributed by atoms with Gasteiger partial charge in [0.05, 0.1) is 11.6 Å². The molecular weight excluding hydrogens is 415 g/mol. The van der Waals surface area contributed by atoms with Gasteiger partial charge in [0.25, 0.3) is 0 Å². The van der Waals surface area contributed by atoms with Crippen LogP contribution in [-0.2, 0) is 16.1 Å². The van der Waals surface area contributed by atoms with Gasteiger partial charge in [0, 0.05) is 36.3 Å². The Balaban J connectivity index is 1.44. The third-order valence-corrected chi connectivity index (χ3v) is 5.47. The van der Waals surface area contributed by atoms with Gasteiger partial charge in [0.2, 0.25) is 17.6 Å². The van der Waals surface area contributed by atoms with Crippen molar-refractivity contribution in [2.75, 3.05) is 32.8 Å². The largest absolute Gasteiger partial charge is 0.382 e. The molecule has 1 aliphatic heterocycles. The first-order valence-corrected chi connectivity index (χ1v) is 10.7. The summed E-state index contributed by atoms with van der Waals surface area (Å²) in [6.45, 7) is 6.21. The standard InChI is InChI=1S/C20H26Cl2N4O3/c1-2-28-11-3-8-23-20(27)14-6-9-26(10-7-14)13-18-24-19(25-29-18)16-5-4-15(21)12-17(16)22/h4-5,12,14H,2-3,6-11,13H2,1H3,(H,23,27). The zero-order valence-corrected chi connectivity index (χ0v) is 18.0. The molecule has 0 radical (unpaired) electrons. The van der Waals surface area contributed by atoms with E-state index < -0.39 is 0 Å². The van der Waals surface area contributed by atoms with Gasteiger partial charge in [0.15, 0.2) is 0 Å². The molecule has 9 heteroatoms. The minimum atomic E-state index is 0.0597. The number of rotatable bonds is 9. The van der Waals surface area contributed by atoms with Crippen molar-refractivity contribution in [2.24, 2.45) is 5.92 Å². The van der Waals surface area contributed by atoms with Crippen LogP contribution in [0.5, 0.6) is 0 Å². The molecule has 3 rings (SSSR count). The molecule has 1 amide bonds. The van der Waals surface area contributed by atoms with Crippen molar-refractivity contribution in [1.82, 2.24) is 20.4 Å². The fourth-order valence-electron chi connectivity index (χ4n) is 3.32. The lowest BCUT2D eigenvalue weighted by Crippen LogP contribution is -2.40. The van der Waals surface area contributed by atoms with Crippen LogP contribution >= 0.6 is 23.2 Å². The highest BCUT2D eigenvalue weighted by molar-refractivity contribution is 6.36. The second-order valence-electron chi connectivity index (χ2n) is 7.03. The number of benzene rings is 1. The van der Waals surface area contributed by atoms with Crippen LogP contribution < -0.4 is 5.32 Å². The summed E-state index contributed by atoms with van der Waals surface area (Å²) in [5.41, 5.74) is 0.686. The Labute approximate surface area is 180 Å². The number of carbonyl (C=O) groups is 1. The molecule has 0 saturated carbocycles. The molecule has 0 unspecified atom stereocenters. The van der Waals surface area contributed by atoms with E-state index in [2.05, 4.69) is 20.4 Å². The molecule has 2 aromatic rings. The number of nitrogens with one attached hydrogen (secondary N) is 1. The lowest BCUT2D eigenvalue weighted by Gasteiger charge is -2.30. The fraction of sp³-hybridized carbons (Fsp3) is 0.550. The minimum Gasteiger partial charge on any atom is -0.382 e. The third-order valence-electron chi connectivity index (χ3n) is 4.93. The topological polar surface area (TPSA) is 80.5 Å². The molecule has 158 valence electrons. The Hall–Kier alpha value is -1.67. The first kappa shape index (κ1) is 22.0. The molecule has 0 aliphatic carbocycles. The number of ether oxygens (including phenoxy) is 1. The smallest absolute Gasteiger partial charge is 0.241 e. The van der Waals surface area contributed by atoms with E-state index in [9.17, 15) is 4.79 Å². The van der Waals surface area contributed by atoms with E-state index in [4.69, 9.17) is 32.5 Å². The first-order valence-electron chi connectivity index (χ1n) is 9.92. The lowest BCUT2D eigenvalue weighted by molar-refractivity contribution is -0.126. The van der Waals surface area contributed by atoms with Crippen LogP contribution in [0.4, 0.5) is 0 Å². The Morgan fingerprint density at radius 1 is 1.34 bits per heavy atom. The molecule has 1 aromatic carbocycles. The Morgan fingerprint density at radius 3 is 2.86 bits per heavy atom. The van der Waals surface area contributed by atoms with Crippen LogP contribution in [-0.4, -0.2) is 53.8 Å². The van der Waals surface area contributed by atoms with Gasteiger partial charge in [-0.3, -0.25) is 9.69 Å². The van der Waals surface area contributed by atoms with Crippen molar-refractivity contribution in [1.29, 1.82) is 0 Å². The normalized spacial score (nSPS) is 15.6. The number of hydrogen-bond acceptors (Lipinski definition) is 6. The number of likely N-dealkylation sites (tertiary alicyclic amines) is 1. The summed E-state index contributed by atoms with van der Waals surface area (Å²) in [4.78, 5) is 18.9. The molecule has 2 heterocycles. The SMILES string of the molecule is CCOCCCNC(=O)C1CCN(Cc2nc(-c3ccc(Cl)cc3Cl)no2)CC1. The maximum Gasteiger partial charge on any atom is 0.241 e. The summed E-state index contributed by atoms with van der Waals surface area (Å²) < 4.78 is 10.7. The lowest BCUT2D eigenvalue weighted by atomic mass is 9.96. The maximum atomic E-state index is 12.3. The van der Waals surface area contributed by atoms with Crippen molar-refractivity contribution in [2.45, 2.75) is 32.7 Å². The molecular formula is C20H26Cl2N4O3. The predicted molar refractivity (Wildman–Crippen MR) is 112 cm³/mol. The van der Waals surface area contributed by atoms with E-state index in [-0.39, 0.29) is 11.8 Å². The molecule has 1 saturated heterocycles.